The number of carbonyl (C=O) groups is 1. The molecule has 8 nitrogen and oxygen atoms in total. The molecule has 1 aromatic heterocycles. The number of phenols is 1. The van der Waals surface area contributed by atoms with Crippen molar-refractivity contribution < 1.29 is 19.7 Å². The Morgan fingerprint density at radius 2 is 1.81 bits per heavy atom. The Bertz CT molecular complexity index is 1290. The van der Waals surface area contributed by atoms with E-state index in [0.29, 0.717) is 34.4 Å². The number of hydrogen-bond acceptors (Lipinski definition) is 7. The van der Waals surface area contributed by atoms with Gasteiger partial charge in [0.2, 0.25) is 0 Å². The molecule has 0 unspecified atom stereocenters. The number of likely N-dealkylation sites (N-methyl/N-ethyl adjacent to an activating group) is 1. The number of aromatic hydroxyl groups is 1. The minimum Gasteiger partial charge on any atom is -0.507 e. The Morgan fingerprint density at radius 1 is 1.06 bits per heavy atom. The number of aromatic nitrogens is 2. The molecule has 0 saturated heterocycles. The number of aliphatic hydroxyl groups is 1. The molecule has 8 heteroatoms. The van der Waals surface area contributed by atoms with E-state index >= 15 is 0 Å². The highest BCUT2D eigenvalue weighted by molar-refractivity contribution is 6.12. The zero-order valence-corrected chi connectivity index (χ0v) is 17.6. The van der Waals surface area contributed by atoms with Crippen molar-refractivity contribution in [3.8, 4) is 11.5 Å². The van der Waals surface area contributed by atoms with Crippen molar-refractivity contribution in [2.75, 3.05) is 34.4 Å². The minimum atomic E-state index is -0.518. The highest BCUT2D eigenvalue weighted by Gasteiger charge is 2.21. The number of nitrogens with zero attached hydrogens (tertiary/aromatic N) is 3. The summed E-state index contributed by atoms with van der Waals surface area (Å²) in [5.41, 5.74) is 2.10. The van der Waals surface area contributed by atoms with E-state index < -0.39 is 11.9 Å². The van der Waals surface area contributed by atoms with Crippen molar-refractivity contribution in [3.05, 3.63) is 48.0 Å². The maximum Gasteiger partial charge on any atom is 0.257 e. The lowest BCUT2D eigenvalue weighted by Crippen LogP contribution is -2.44. The zero-order valence-electron chi connectivity index (χ0n) is 17.6. The molecule has 160 valence electrons. The number of methoxy groups -OCH3 is 1. The summed E-state index contributed by atoms with van der Waals surface area (Å²) < 4.78 is 5.45. The van der Waals surface area contributed by atoms with Gasteiger partial charge in [0.25, 0.3) is 5.91 Å². The molecule has 4 aromatic rings. The summed E-state index contributed by atoms with van der Waals surface area (Å²) in [5.74, 6) is -0.00174. The van der Waals surface area contributed by atoms with Gasteiger partial charge in [-0.2, -0.15) is 0 Å². The largest absolute Gasteiger partial charge is 0.507 e. The summed E-state index contributed by atoms with van der Waals surface area (Å²) in [6.07, 6.45) is 0. The lowest BCUT2D eigenvalue weighted by Gasteiger charge is -2.20. The third-order valence-electron chi connectivity index (χ3n) is 5.16. The Morgan fingerprint density at radius 3 is 2.52 bits per heavy atom. The average molecular weight is 420 g/mol. The van der Waals surface area contributed by atoms with Gasteiger partial charge in [0, 0.05) is 17.3 Å². The number of fused-ring (bicyclic) bond motifs is 4. The van der Waals surface area contributed by atoms with E-state index in [0.717, 1.165) is 10.8 Å². The SMILES string of the molecule is COc1cccc2c1ccc1nc3ccc(O)c(C(=O)N[C@@H](CO)CN(C)C)c3nc12. The first-order valence-electron chi connectivity index (χ1n) is 9.88. The first kappa shape index (κ1) is 20.8. The van der Waals surface area contributed by atoms with Crippen LogP contribution in [0.1, 0.15) is 10.4 Å². The molecule has 0 aliphatic carbocycles. The Hall–Kier alpha value is -3.49. The van der Waals surface area contributed by atoms with Gasteiger partial charge in [-0.25, -0.2) is 9.97 Å². The second kappa shape index (κ2) is 8.33. The van der Waals surface area contributed by atoms with Gasteiger partial charge >= 0.3 is 0 Å². The third-order valence-corrected chi connectivity index (χ3v) is 5.16. The summed E-state index contributed by atoms with van der Waals surface area (Å²) in [6.45, 7) is 0.224. The molecule has 1 heterocycles. The van der Waals surface area contributed by atoms with Crippen molar-refractivity contribution in [2.45, 2.75) is 6.04 Å². The molecule has 0 spiro atoms. The van der Waals surface area contributed by atoms with E-state index in [9.17, 15) is 15.0 Å². The van der Waals surface area contributed by atoms with Gasteiger partial charge in [-0.1, -0.05) is 12.1 Å². The molecule has 0 radical (unpaired) electrons. The minimum absolute atomic E-state index is 0.0315. The fourth-order valence-electron chi connectivity index (χ4n) is 3.77. The van der Waals surface area contributed by atoms with Gasteiger partial charge in [-0.15, -0.1) is 0 Å². The lowest BCUT2D eigenvalue weighted by molar-refractivity contribution is 0.0903. The number of nitrogens with one attached hydrogen (secondary N) is 1. The number of benzene rings is 3. The Balaban J connectivity index is 1.91. The molecule has 31 heavy (non-hydrogen) atoms. The normalized spacial score (nSPS) is 12.5. The van der Waals surface area contributed by atoms with E-state index in [4.69, 9.17) is 9.72 Å². The number of ether oxygens (including phenoxy) is 1. The van der Waals surface area contributed by atoms with Crippen LogP contribution in [0.3, 0.4) is 0 Å². The molecule has 0 aliphatic rings. The number of hydrogen-bond donors (Lipinski definition) is 3. The molecule has 3 N–H and O–H groups in total. The van der Waals surface area contributed by atoms with Crippen LogP contribution in [0.5, 0.6) is 11.5 Å². The first-order valence-corrected chi connectivity index (χ1v) is 9.88. The number of carbonyl (C=O) groups excluding carboxylic acids is 1. The molecule has 1 atom stereocenters. The second-order valence-electron chi connectivity index (χ2n) is 7.65. The topological polar surface area (TPSA) is 108 Å². The number of phenolic OH excluding ortho intramolecular Hbond substituents is 1. The van der Waals surface area contributed by atoms with Crippen LogP contribution in [-0.2, 0) is 0 Å². The number of rotatable bonds is 6. The quantitative estimate of drug-likeness (QED) is 0.324. The second-order valence-corrected chi connectivity index (χ2v) is 7.65. The maximum atomic E-state index is 13.0. The maximum absolute atomic E-state index is 13.0. The van der Waals surface area contributed by atoms with Gasteiger partial charge in [0.15, 0.2) is 0 Å². The van der Waals surface area contributed by atoms with Crippen molar-refractivity contribution in [2.24, 2.45) is 0 Å². The molecular formula is C23H24N4O4. The van der Waals surface area contributed by atoms with E-state index in [2.05, 4.69) is 10.3 Å². The predicted molar refractivity (Wildman–Crippen MR) is 120 cm³/mol. The smallest absolute Gasteiger partial charge is 0.257 e. The Labute approximate surface area is 179 Å². The fourth-order valence-corrected chi connectivity index (χ4v) is 3.77. The van der Waals surface area contributed by atoms with Crippen LogP contribution in [-0.4, -0.2) is 71.4 Å². The van der Waals surface area contributed by atoms with E-state index in [1.165, 1.54) is 6.07 Å². The van der Waals surface area contributed by atoms with Crippen molar-refractivity contribution in [3.63, 3.8) is 0 Å². The summed E-state index contributed by atoms with van der Waals surface area (Å²) >= 11 is 0. The molecule has 4 rings (SSSR count). The van der Waals surface area contributed by atoms with E-state index in [1.807, 2.05) is 49.3 Å². The van der Waals surface area contributed by atoms with Crippen LogP contribution in [0.2, 0.25) is 0 Å². The summed E-state index contributed by atoms with van der Waals surface area (Å²) in [5, 5.41) is 24.6. The highest BCUT2D eigenvalue weighted by atomic mass is 16.5. The predicted octanol–water partition coefficient (Wildman–Crippen LogP) is 2.30. The van der Waals surface area contributed by atoms with Gasteiger partial charge in [0.1, 0.15) is 22.6 Å². The zero-order chi connectivity index (χ0) is 22.1. The van der Waals surface area contributed by atoms with Gasteiger partial charge < -0.3 is 25.2 Å². The van der Waals surface area contributed by atoms with Gasteiger partial charge in [0.05, 0.1) is 36.3 Å². The monoisotopic (exact) mass is 420 g/mol. The van der Waals surface area contributed by atoms with Crippen LogP contribution in [0, 0.1) is 0 Å². The summed E-state index contributed by atoms with van der Waals surface area (Å²) in [4.78, 5) is 24.3. The summed E-state index contributed by atoms with van der Waals surface area (Å²) in [7, 11) is 5.30. The van der Waals surface area contributed by atoms with Crippen LogP contribution in [0.25, 0.3) is 32.8 Å². The molecule has 0 fully saturated rings. The number of aliphatic hydroxyl groups excluding tert-OH is 1. The first-order chi connectivity index (χ1) is 14.9. The van der Waals surface area contributed by atoms with Crippen molar-refractivity contribution in [1.29, 1.82) is 0 Å². The van der Waals surface area contributed by atoms with Gasteiger partial charge in [-0.3, -0.25) is 4.79 Å². The van der Waals surface area contributed by atoms with Gasteiger partial charge in [-0.05, 0) is 44.4 Å². The third kappa shape index (κ3) is 3.83. The van der Waals surface area contributed by atoms with Crippen LogP contribution in [0.15, 0.2) is 42.5 Å². The van der Waals surface area contributed by atoms with Crippen LogP contribution < -0.4 is 10.1 Å². The molecule has 0 aliphatic heterocycles. The van der Waals surface area contributed by atoms with E-state index in [1.54, 1.807) is 13.2 Å². The molecule has 3 aromatic carbocycles. The standard InChI is InChI=1S/C23H24N4O4/c1-27(2)11-13(12-28)24-23(30)20-18(29)10-9-17-22(20)26-21-15-5-4-6-19(31-3)14(15)7-8-16(21)25-17/h4-10,13,28-29H,11-12H2,1-3H3,(H,24,30)/t13-/m1/s1. The van der Waals surface area contributed by atoms with Crippen LogP contribution in [0.4, 0.5) is 0 Å². The molecule has 0 saturated carbocycles. The van der Waals surface area contributed by atoms with Crippen LogP contribution >= 0.6 is 0 Å². The molecule has 0 bridgehead atoms. The highest BCUT2D eigenvalue weighted by Crippen LogP contribution is 2.32. The van der Waals surface area contributed by atoms with Crippen molar-refractivity contribution in [1.82, 2.24) is 20.2 Å². The average Bonchev–Trinajstić information content (AvgIpc) is 2.76. The van der Waals surface area contributed by atoms with E-state index in [-0.39, 0.29) is 17.9 Å². The van der Waals surface area contributed by atoms with Crippen molar-refractivity contribution >= 4 is 38.7 Å². The summed E-state index contributed by atoms with van der Waals surface area (Å²) in [6, 6.07) is 12.0. The Kier molecular flexibility index (Phi) is 5.58. The molecule has 1 amide bonds. The molecular weight excluding hydrogens is 396 g/mol. The fraction of sp³-hybridized carbons (Fsp3) is 0.261. The lowest BCUT2D eigenvalue weighted by atomic mass is 10.1. The number of amides is 1.